The van der Waals surface area contributed by atoms with Gasteiger partial charge in [0.25, 0.3) is 0 Å². The van der Waals surface area contributed by atoms with Crippen LogP contribution in [-0.2, 0) is 19.3 Å². The quantitative estimate of drug-likeness (QED) is 0.647. The highest BCUT2D eigenvalue weighted by molar-refractivity contribution is 5.84. The number of azo groups is 1. The van der Waals surface area contributed by atoms with Crippen molar-refractivity contribution in [3.8, 4) is 0 Å². The van der Waals surface area contributed by atoms with Gasteiger partial charge in [-0.15, -0.1) is 0 Å². The number of benzene rings is 1. The highest BCUT2D eigenvalue weighted by Gasteiger charge is 2.19. The van der Waals surface area contributed by atoms with Gasteiger partial charge in [-0.1, -0.05) is 39.3 Å². The molecular weight excluding hydrogens is 308 g/mol. The Morgan fingerprint density at radius 2 is 2.12 bits per heavy atom. The van der Waals surface area contributed by atoms with Gasteiger partial charge in [0.15, 0.2) is 0 Å². The first-order valence-corrected chi connectivity index (χ1v) is 9.10. The number of hydrogen-bond acceptors (Lipinski definition) is 4. The third-order valence-corrected chi connectivity index (χ3v) is 4.42. The number of aromatic nitrogens is 2. The maximum atomic E-state index is 4.78. The maximum absolute atomic E-state index is 4.78. The summed E-state index contributed by atoms with van der Waals surface area (Å²) < 4.78 is 0. The van der Waals surface area contributed by atoms with E-state index in [-0.39, 0.29) is 1.43 Å². The van der Waals surface area contributed by atoms with Gasteiger partial charge in [-0.05, 0) is 41.2 Å². The van der Waals surface area contributed by atoms with Crippen LogP contribution in [0.1, 0.15) is 56.8 Å². The monoisotopic (exact) mass is 336 g/mol. The minimum Gasteiger partial charge on any atom is -0.241 e. The molecule has 1 aliphatic rings. The lowest BCUT2D eigenvalue weighted by molar-refractivity contribution is 0.618. The van der Waals surface area contributed by atoms with E-state index < -0.39 is 0 Å². The third kappa shape index (κ3) is 3.84. The molecule has 0 aliphatic heterocycles. The van der Waals surface area contributed by atoms with Crippen LogP contribution in [0.2, 0.25) is 0 Å². The second-order valence-corrected chi connectivity index (χ2v) is 6.96. The molecule has 1 aromatic carbocycles. The highest BCUT2D eigenvalue weighted by Crippen LogP contribution is 2.34. The van der Waals surface area contributed by atoms with Crippen LogP contribution in [0.25, 0.3) is 5.57 Å². The molecule has 0 spiro atoms. The Bertz CT molecular complexity index is 825. The van der Waals surface area contributed by atoms with E-state index in [0.29, 0.717) is 5.92 Å². The molecule has 132 valence electrons. The van der Waals surface area contributed by atoms with E-state index in [1.54, 1.807) is 7.05 Å². The number of hydrogen-bond donors (Lipinski definition) is 0. The Hall–Kier alpha value is -2.36. The summed E-state index contributed by atoms with van der Waals surface area (Å²) in [6.45, 7) is 6.59. The fourth-order valence-corrected chi connectivity index (χ4v) is 3.31. The first-order chi connectivity index (χ1) is 12.1. The van der Waals surface area contributed by atoms with Gasteiger partial charge in [0, 0.05) is 33.1 Å². The van der Waals surface area contributed by atoms with Crippen molar-refractivity contribution in [1.82, 2.24) is 9.97 Å². The molecule has 4 heteroatoms. The van der Waals surface area contributed by atoms with Crippen molar-refractivity contribution in [2.45, 2.75) is 46.5 Å². The number of allylic oxidation sites excluding steroid dienone is 1. The summed E-state index contributed by atoms with van der Waals surface area (Å²) in [5.41, 5.74) is 6.99. The SMILES string of the molecule is CCCc1cc(C2=CCc3nc(CC(C)C)ncc32)ccc1N=NC.[HH]. The van der Waals surface area contributed by atoms with Crippen molar-refractivity contribution in [2.75, 3.05) is 7.05 Å². The molecule has 3 rings (SSSR count). The Balaban J connectivity index is 0.00000243. The van der Waals surface area contributed by atoms with Crippen molar-refractivity contribution in [3.63, 3.8) is 0 Å². The lowest BCUT2D eigenvalue weighted by Gasteiger charge is -2.11. The topological polar surface area (TPSA) is 50.5 Å². The second-order valence-electron chi connectivity index (χ2n) is 6.96. The maximum Gasteiger partial charge on any atom is 0.128 e. The second kappa shape index (κ2) is 7.68. The molecule has 1 heterocycles. The Morgan fingerprint density at radius 3 is 2.84 bits per heavy atom. The molecule has 0 radical (unpaired) electrons. The minimum absolute atomic E-state index is 0. The minimum atomic E-state index is 0. The summed E-state index contributed by atoms with van der Waals surface area (Å²) in [6, 6.07) is 6.45. The number of nitrogens with zero attached hydrogens (tertiary/aromatic N) is 4. The average Bonchev–Trinajstić information content (AvgIpc) is 2.99. The van der Waals surface area contributed by atoms with Crippen LogP contribution in [0.4, 0.5) is 5.69 Å². The molecule has 0 amide bonds. The molecular formula is C21H28N4. The van der Waals surface area contributed by atoms with Gasteiger partial charge >= 0.3 is 0 Å². The lowest BCUT2D eigenvalue weighted by Crippen LogP contribution is -2.04. The average molecular weight is 336 g/mol. The molecule has 0 saturated heterocycles. The first-order valence-electron chi connectivity index (χ1n) is 9.10. The molecule has 0 saturated carbocycles. The van der Waals surface area contributed by atoms with Gasteiger partial charge in [-0.3, -0.25) is 0 Å². The molecule has 0 N–H and O–H groups in total. The van der Waals surface area contributed by atoms with Gasteiger partial charge in [0.05, 0.1) is 11.4 Å². The van der Waals surface area contributed by atoms with Crippen LogP contribution in [0, 0.1) is 5.92 Å². The molecule has 0 bridgehead atoms. The Morgan fingerprint density at radius 1 is 1.28 bits per heavy atom. The smallest absolute Gasteiger partial charge is 0.128 e. The summed E-state index contributed by atoms with van der Waals surface area (Å²) in [5.74, 6) is 1.53. The van der Waals surface area contributed by atoms with E-state index in [4.69, 9.17) is 4.98 Å². The zero-order chi connectivity index (χ0) is 17.8. The predicted molar refractivity (Wildman–Crippen MR) is 104 cm³/mol. The van der Waals surface area contributed by atoms with Crippen molar-refractivity contribution in [1.29, 1.82) is 0 Å². The third-order valence-electron chi connectivity index (χ3n) is 4.42. The molecule has 1 aromatic heterocycles. The van der Waals surface area contributed by atoms with Crippen LogP contribution in [-0.4, -0.2) is 17.0 Å². The van der Waals surface area contributed by atoms with Gasteiger partial charge in [0.1, 0.15) is 5.82 Å². The molecule has 2 aromatic rings. The standard InChI is InChI=1S/C21H26N4.H2/c1-5-6-16-12-15(7-9-19(16)25-22-4)17-8-10-20-18(17)13-23-21(24-20)11-14(2)3;/h7-9,12-14H,5-6,10-11H2,1-4H3;1H. The molecule has 4 nitrogen and oxygen atoms in total. The fraction of sp³-hybridized carbons (Fsp3) is 0.429. The molecule has 0 fully saturated rings. The van der Waals surface area contributed by atoms with E-state index in [1.807, 2.05) is 6.20 Å². The Labute approximate surface area is 151 Å². The zero-order valence-corrected chi connectivity index (χ0v) is 15.6. The zero-order valence-electron chi connectivity index (χ0n) is 15.6. The Kier molecular flexibility index (Phi) is 5.37. The van der Waals surface area contributed by atoms with Crippen molar-refractivity contribution >= 4 is 11.3 Å². The van der Waals surface area contributed by atoms with Crippen molar-refractivity contribution < 1.29 is 1.43 Å². The summed E-state index contributed by atoms with van der Waals surface area (Å²) in [5, 5.41) is 8.19. The van der Waals surface area contributed by atoms with E-state index >= 15 is 0 Å². The van der Waals surface area contributed by atoms with Crippen molar-refractivity contribution in [3.05, 3.63) is 58.7 Å². The van der Waals surface area contributed by atoms with Gasteiger partial charge in [-0.2, -0.15) is 10.2 Å². The molecule has 0 unspecified atom stereocenters. The largest absolute Gasteiger partial charge is 0.241 e. The van der Waals surface area contributed by atoms with E-state index in [0.717, 1.165) is 42.9 Å². The van der Waals surface area contributed by atoms with Crippen LogP contribution in [0.3, 0.4) is 0 Å². The molecule has 0 atom stereocenters. The molecule has 1 aliphatic carbocycles. The molecule has 25 heavy (non-hydrogen) atoms. The number of aryl methyl sites for hydroxylation is 1. The summed E-state index contributed by atoms with van der Waals surface area (Å²) >= 11 is 0. The van der Waals surface area contributed by atoms with Gasteiger partial charge in [0.2, 0.25) is 0 Å². The van der Waals surface area contributed by atoms with Crippen LogP contribution in [0.15, 0.2) is 40.7 Å². The summed E-state index contributed by atoms with van der Waals surface area (Å²) in [6.07, 6.45) is 8.18. The van der Waals surface area contributed by atoms with Gasteiger partial charge in [-0.25, -0.2) is 9.97 Å². The fourth-order valence-electron chi connectivity index (χ4n) is 3.31. The van der Waals surface area contributed by atoms with E-state index in [2.05, 4.69) is 60.3 Å². The van der Waals surface area contributed by atoms with Crippen LogP contribution in [0.5, 0.6) is 0 Å². The normalized spacial score (nSPS) is 13.6. The van der Waals surface area contributed by atoms with Crippen molar-refractivity contribution in [2.24, 2.45) is 16.1 Å². The predicted octanol–water partition coefficient (Wildman–Crippen LogP) is 5.57. The lowest BCUT2D eigenvalue weighted by atomic mass is 9.97. The van der Waals surface area contributed by atoms with E-state index in [1.165, 1.54) is 22.3 Å². The first kappa shape index (κ1) is 17.5. The van der Waals surface area contributed by atoms with E-state index in [9.17, 15) is 0 Å². The number of fused-ring (bicyclic) bond motifs is 1. The van der Waals surface area contributed by atoms with Crippen LogP contribution >= 0.6 is 0 Å². The van der Waals surface area contributed by atoms with Gasteiger partial charge < -0.3 is 0 Å². The number of rotatable bonds is 6. The highest BCUT2D eigenvalue weighted by atomic mass is 15.1. The summed E-state index contributed by atoms with van der Waals surface area (Å²) in [4.78, 5) is 9.36. The van der Waals surface area contributed by atoms with Crippen LogP contribution < -0.4 is 0 Å². The summed E-state index contributed by atoms with van der Waals surface area (Å²) in [7, 11) is 1.71.